The first-order valence-corrected chi connectivity index (χ1v) is 17.3. The molecule has 0 aliphatic carbocycles. The number of fused-ring (bicyclic) bond motifs is 1. The van der Waals surface area contributed by atoms with Crippen LogP contribution in [0.25, 0.3) is 0 Å². The summed E-state index contributed by atoms with van der Waals surface area (Å²) >= 11 is 2.34. The molecule has 0 saturated carbocycles. The Bertz CT molecular complexity index is 1370. The van der Waals surface area contributed by atoms with Gasteiger partial charge in [-0.15, -0.1) is 0 Å². The summed E-state index contributed by atoms with van der Waals surface area (Å²) < 4.78 is 39.3. The fraction of sp³-hybridized carbons (Fsp3) is 0.310. The highest BCUT2D eigenvalue weighted by atomic mass is 127. The monoisotopic (exact) mass is 646 g/mol. The van der Waals surface area contributed by atoms with Crippen LogP contribution in [-0.2, 0) is 14.8 Å². The van der Waals surface area contributed by atoms with Crippen molar-refractivity contribution in [1.82, 2.24) is 8.61 Å². The molecule has 5 nitrogen and oxygen atoms in total. The summed E-state index contributed by atoms with van der Waals surface area (Å²) in [6.45, 7) is 5.13. The Labute approximate surface area is 236 Å². The molecule has 3 aromatic carbocycles. The van der Waals surface area contributed by atoms with Crippen molar-refractivity contribution in [3.05, 3.63) is 113 Å². The third-order valence-corrected chi connectivity index (χ3v) is 11.2. The second-order valence-corrected chi connectivity index (χ2v) is 13.1. The number of nitrogens with zero attached hydrogens (tertiary/aromatic N) is 2. The molecule has 1 fully saturated rings. The minimum absolute atomic E-state index is 0.0736. The molecule has 0 aromatic heterocycles. The smallest absolute Gasteiger partial charge is 0.244 e. The highest BCUT2D eigenvalue weighted by Crippen LogP contribution is 2.50. The van der Waals surface area contributed by atoms with E-state index in [0.29, 0.717) is 30.9 Å². The molecule has 5 rings (SSSR count). The van der Waals surface area contributed by atoms with Crippen LogP contribution in [0.3, 0.4) is 0 Å². The molecule has 0 spiro atoms. The number of aryl methyl sites for hydroxylation is 1. The number of benzene rings is 3. The van der Waals surface area contributed by atoms with Crippen LogP contribution in [0.4, 0.5) is 0 Å². The van der Waals surface area contributed by atoms with Crippen LogP contribution < -0.4 is 0 Å². The second-order valence-electron chi connectivity index (χ2n) is 9.49. The Balaban J connectivity index is 1.69. The minimum atomic E-state index is -3.80. The zero-order valence-electron chi connectivity index (χ0n) is 21.0. The van der Waals surface area contributed by atoms with E-state index in [2.05, 4.69) is 49.8 Å². The standard InChI is InChI=1S/C29H31IN2O3S2/c1-3-35-29-19-27(23-14-8-5-9-15-23)32(37(33,34)24-16-10-11-21(2)17-24)28-18-26(22-12-6-4-7-13-22)31(36-30)20-25(28)29/h4-17,26-28H,3,18-20H2,1-2H3/t26-,27-,28?/m0/s1. The topological polar surface area (TPSA) is 49.9 Å². The Morgan fingerprint density at radius 1 is 0.919 bits per heavy atom. The molecular formula is C29H31IN2O3S2. The molecule has 2 aliphatic heterocycles. The summed E-state index contributed by atoms with van der Waals surface area (Å²) in [5.74, 6) is 0.930. The van der Waals surface area contributed by atoms with Gasteiger partial charge in [0.1, 0.15) is 0 Å². The number of ether oxygens (including phenoxy) is 1. The number of piperidine rings is 1. The van der Waals surface area contributed by atoms with Gasteiger partial charge in [0.15, 0.2) is 0 Å². The lowest BCUT2D eigenvalue weighted by Crippen LogP contribution is -2.52. The van der Waals surface area contributed by atoms with Crippen molar-refractivity contribution >= 4 is 40.3 Å². The van der Waals surface area contributed by atoms with Gasteiger partial charge in [-0.3, -0.25) is 0 Å². The van der Waals surface area contributed by atoms with Crippen LogP contribution in [0, 0.1) is 6.92 Å². The number of hydrogen-bond acceptors (Lipinski definition) is 5. The Morgan fingerprint density at radius 2 is 1.57 bits per heavy atom. The Morgan fingerprint density at radius 3 is 2.16 bits per heavy atom. The van der Waals surface area contributed by atoms with Crippen LogP contribution in [-0.4, -0.2) is 36.2 Å². The molecule has 3 aromatic rings. The van der Waals surface area contributed by atoms with Gasteiger partial charge in [-0.1, -0.05) is 72.8 Å². The van der Waals surface area contributed by atoms with Crippen molar-refractivity contribution in [1.29, 1.82) is 0 Å². The van der Waals surface area contributed by atoms with Crippen molar-refractivity contribution in [2.45, 2.75) is 49.7 Å². The van der Waals surface area contributed by atoms with Gasteiger partial charge in [-0.25, -0.2) is 12.7 Å². The first-order valence-electron chi connectivity index (χ1n) is 12.5. The van der Waals surface area contributed by atoms with Crippen LogP contribution in [0.15, 0.2) is 101 Å². The predicted octanol–water partition coefficient (Wildman–Crippen LogP) is 7.24. The lowest BCUT2D eigenvalue weighted by atomic mass is 9.84. The Hall–Kier alpha value is -1.85. The van der Waals surface area contributed by atoms with E-state index in [9.17, 15) is 8.42 Å². The van der Waals surface area contributed by atoms with Gasteiger partial charge in [0.05, 0.1) is 29.3 Å². The predicted molar refractivity (Wildman–Crippen MR) is 159 cm³/mol. The molecule has 0 radical (unpaired) electrons. The van der Waals surface area contributed by atoms with E-state index in [4.69, 9.17) is 4.74 Å². The zero-order valence-corrected chi connectivity index (χ0v) is 24.7. The number of rotatable bonds is 7. The van der Waals surface area contributed by atoms with Crippen molar-refractivity contribution in [3.8, 4) is 0 Å². The fourth-order valence-electron chi connectivity index (χ4n) is 5.55. The first-order chi connectivity index (χ1) is 17.9. The van der Waals surface area contributed by atoms with Crippen LogP contribution in [0.2, 0.25) is 0 Å². The molecule has 1 saturated heterocycles. The molecule has 2 heterocycles. The van der Waals surface area contributed by atoms with Gasteiger partial charge in [0.2, 0.25) is 10.0 Å². The van der Waals surface area contributed by atoms with E-state index in [-0.39, 0.29) is 18.1 Å². The molecule has 2 aliphatic rings. The summed E-state index contributed by atoms with van der Waals surface area (Å²) in [5.41, 5.74) is 4.18. The van der Waals surface area contributed by atoms with Gasteiger partial charge in [0.25, 0.3) is 0 Å². The van der Waals surface area contributed by atoms with E-state index in [1.165, 1.54) is 5.56 Å². The molecule has 0 bridgehead atoms. The van der Waals surface area contributed by atoms with Gasteiger partial charge in [-0.2, -0.15) is 4.31 Å². The molecule has 8 heteroatoms. The van der Waals surface area contributed by atoms with Gasteiger partial charge in [-0.05, 0) is 58.2 Å². The first kappa shape index (κ1) is 26.7. The molecule has 0 N–H and O–H groups in total. The second kappa shape index (κ2) is 11.5. The van der Waals surface area contributed by atoms with E-state index in [0.717, 1.165) is 22.5 Å². The third-order valence-electron chi connectivity index (χ3n) is 7.21. The summed E-state index contributed by atoms with van der Waals surface area (Å²) in [5, 5.41) is 0. The summed E-state index contributed by atoms with van der Waals surface area (Å²) in [6.07, 6.45) is 1.17. The van der Waals surface area contributed by atoms with Gasteiger partial charge >= 0.3 is 0 Å². The van der Waals surface area contributed by atoms with Crippen LogP contribution >= 0.6 is 30.3 Å². The molecule has 0 amide bonds. The maximum absolute atomic E-state index is 14.5. The van der Waals surface area contributed by atoms with Gasteiger partial charge in [0, 0.05) is 45.8 Å². The minimum Gasteiger partial charge on any atom is -0.498 e. The quantitative estimate of drug-likeness (QED) is 0.200. The molecule has 194 valence electrons. The van der Waals surface area contributed by atoms with Crippen molar-refractivity contribution < 1.29 is 13.2 Å². The third kappa shape index (κ3) is 5.36. The van der Waals surface area contributed by atoms with E-state index in [1.54, 1.807) is 25.6 Å². The van der Waals surface area contributed by atoms with Crippen LogP contribution in [0.5, 0.6) is 0 Å². The van der Waals surface area contributed by atoms with Crippen molar-refractivity contribution in [3.63, 3.8) is 0 Å². The summed E-state index contributed by atoms with van der Waals surface area (Å²) in [7, 11) is -2.13. The molecule has 1 unspecified atom stereocenters. The van der Waals surface area contributed by atoms with Crippen LogP contribution in [0.1, 0.15) is 48.5 Å². The lowest BCUT2D eigenvalue weighted by Gasteiger charge is -2.49. The van der Waals surface area contributed by atoms with Crippen molar-refractivity contribution in [2.24, 2.45) is 0 Å². The average molecular weight is 647 g/mol. The Kier molecular flexibility index (Phi) is 8.31. The van der Waals surface area contributed by atoms with Crippen molar-refractivity contribution in [2.75, 3.05) is 13.2 Å². The maximum Gasteiger partial charge on any atom is 0.244 e. The highest BCUT2D eigenvalue weighted by Gasteiger charge is 2.49. The number of halogens is 1. The normalized spacial score (nSPS) is 23.1. The fourth-order valence-corrected chi connectivity index (χ4v) is 9.19. The van der Waals surface area contributed by atoms with E-state index < -0.39 is 10.0 Å². The highest BCUT2D eigenvalue weighted by molar-refractivity contribution is 14.2. The van der Waals surface area contributed by atoms with E-state index >= 15 is 0 Å². The molecule has 3 atom stereocenters. The zero-order chi connectivity index (χ0) is 26.0. The average Bonchev–Trinajstić information content (AvgIpc) is 2.93. The largest absolute Gasteiger partial charge is 0.498 e. The van der Waals surface area contributed by atoms with E-state index in [1.807, 2.05) is 62.4 Å². The maximum atomic E-state index is 14.5. The SMILES string of the molecule is CCOC1=C2CN(SI)[C@H](c3ccccc3)CC2N(S(=O)(=O)c2cccc(C)c2)[C@H](c2ccccc2)C1. The lowest BCUT2D eigenvalue weighted by molar-refractivity contribution is 0.121. The number of hydrogen-bond donors (Lipinski definition) is 0. The molecular weight excluding hydrogens is 615 g/mol. The molecule has 37 heavy (non-hydrogen) atoms. The summed E-state index contributed by atoms with van der Waals surface area (Å²) in [6, 6.07) is 27.1. The number of sulfonamides is 1. The summed E-state index contributed by atoms with van der Waals surface area (Å²) in [4.78, 5) is 0.342. The van der Waals surface area contributed by atoms with Gasteiger partial charge < -0.3 is 4.74 Å².